The molecule has 0 bridgehead atoms. The number of rotatable bonds is 7. The maximum absolute atomic E-state index is 11.9. The molecule has 0 atom stereocenters. The Morgan fingerprint density at radius 1 is 1.30 bits per heavy atom. The van der Waals surface area contributed by atoms with Crippen LogP contribution in [0.15, 0.2) is 16.6 Å². The molecule has 1 rings (SSSR count). The highest BCUT2D eigenvalue weighted by atomic mass is 79.9. The lowest BCUT2D eigenvalue weighted by molar-refractivity contribution is -0.135. The van der Waals surface area contributed by atoms with Crippen molar-refractivity contribution in [2.75, 3.05) is 13.7 Å². The van der Waals surface area contributed by atoms with Gasteiger partial charge in [0.05, 0.1) is 11.6 Å². The Morgan fingerprint density at radius 3 is 2.60 bits per heavy atom. The summed E-state index contributed by atoms with van der Waals surface area (Å²) in [6.07, 6.45) is -4.22. The van der Waals surface area contributed by atoms with Crippen molar-refractivity contribution in [2.45, 2.75) is 32.0 Å². The van der Waals surface area contributed by atoms with Gasteiger partial charge < -0.3 is 15.2 Å². The molecule has 3 nitrogen and oxygen atoms in total. The van der Waals surface area contributed by atoms with Crippen LogP contribution in [-0.4, -0.2) is 24.9 Å². The second-order valence-corrected chi connectivity index (χ2v) is 5.23. The Morgan fingerprint density at radius 2 is 2.00 bits per heavy atom. The second kappa shape index (κ2) is 7.73. The minimum atomic E-state index is -4.07. The van der Waals surface area contributed by atoms with E-state index in [1.165, 1.54) is 7.11 Å². The van der Waals surface area contributed by atoms with Crippen molar-refractivity contribution in [2.24, 2.45) is 0 Å². The molecule has 0 saturated carbocycles. The summed E-state index contributed by atoms with van der Waals surface area (Å²) in [6, 6.07) is 3.42. The average Bonchev–Trinajstić information content (AvgIpc) is 2.36. The number of halogens is 4. The maximum Gasteiger partial charge on any atom is 0.389 e. The molecule has 0 fully saturated rings. The highest BCUT2D eigenvalue weighted by Crippen LogP contribution is 2.35. The van der Waals surface area contributed by atoms with Gasteiger partial charge in [-0.05, 0) is 53.0 Å². The topological polar surface area (TPSA) is 41.5 Å². The van der Waals surface area contributed by atoms with Crippen molar-refractivity contribution in [3.05, 3.63) is 22.2 Å². The van der Waals surface area contributed by atoms with Crippen LogP contribution in [0.5, 0.6) is 11.5 Å². The van der Waals surface area contributed by atoms with Gasteiger partial charge in [-0.25, -0.2) is 0 Å². The lowest BCUT2D eigenvalue weighted by Gasteiger charge is -2.10. The molecule has 2 N–H and O–H groups in total. The van der Waals surface area contributed by atoms with Crippen molar-refractivity contribution < 1.29 is 23.0 Å². The number of unbranched alkanes of at least 4 members (excludes halogenated alkanes) is 1. The van der Waals surface area contributed by atoms with Crippen LogP contribution in [0.3, 0.4) is 0 Å². The Hall–Kier alpha value is -0.950. The van der Waals surface area contributed by atoms with E-state index >= 15 is 0 Å². The van der Waals surface area contributed by atoms with Crippen molar-refractivity contribution in [3.63, 3.8) is 0 Å². The second-order valence-electron chi connectivity index (χ2n) is 4.38. The summed E-state index contributed by atoms with van der Waals surface area (Å²) < 4.78 is 41.3. The van der Waals surface area contributed by atoms with Crippen molar-refractivity contribution in [3.8, 4) is 11.5 Å². The van der Waals surface area contributed by atoms with Crippen LogP contribution in [0.4, 0.5) is 13.2 Å². The third-order valence-electron chi connectivity index (χ3n) is 2.70. The molecule has 20 heavy (non-hydrogen) atoms. The van der Waals surface area contributed by atoms with Crippen LogP contribution in [0, 0.1) is 0 Å². The first-order valence-corrected chi connectivity index (χ1v) is 6.95. The van der Waals surface area contributed by atoms with Crippen LogP contribution in [-0.2, 0) is 6.54 Å². The van der Waals surface area contributed by atoms with Crippen molar-refractivity contribution in [1.29, 1.82) is 0 Å². The van der Waals surface area contributed by atoms with Gasteiger partial charge in [0, 0.05) is 13.0 Å². The van der Waals surface area contributed by atoms with E-state index in [1.54, 1.807) is 12.1 Å². The number of phenolic OH excluding ortho intramolecular Hbond substituents is 1. The Bertz CT molecular complexity index is 438. The molecule has 0 saturated heterocycles. The molecule has 0 unspecified atom stereocenters. The lowest BCUT2D eigenvalue weighted by atomic mass is 10.2. The molecular formula is C13H17BrF3NO2. The predicted octanol–water partition coefficient (Wildman–Crippen LogP) is 3.99. The monoisotopic (exact) mass is 355 g/mol. The number of hydrogen-bond acceptors (Lipinski definition) is 3. The number of hydrogen-bond donors (Lipinski definition) is 2. The first kappa shape index (κ1) is 17.1. The zero-order valence-corrected chi connectivity index (χ0v) is 12.6. The number of benzene rings is 1. The standard InChI is InChI=1S/C13H17BrF3NO2/c1-20-11-7-9(6-10(14)12(11)19)8-18-5-3-2-4-13(15,16)17/h6-7,18-19H,2-5,8H2,1H3. The van der Waals surface area contributed by atoms with E-state index < -0.39 is 12.6 Å². The molecule has 0 spiro atoms. The van der Waals surface area contributed by atoms with E-state index in [0.717, 1.165) is 5.56 Å². The van der Waals surface area contributed by atoms with Crippen LogP contribution in [0.2, 0.25) is 0 Å². The summed E-state index contributed by atoms with van der Waals surface area (Å²) in [4.78, 5) is 0. The SMILES string of the molecule is COc1cc(CNCCCCC(F)(F)F)cc(Br)c1O. The fraction of sp³-hybridized carbons (Fsp3) is 0.538. The van der Waals surface area contributed by atoms with Crippen LogP contribution >= 0.6 is 15.9 Å². The first-order chi connectivity index (χ1) is 9.33. The zero-order valence-electron chi connectivity index (χ0n) is 11.1. The van der Waals surface area contributed by atoms with Gasteiger partial charge in [0.2, 0.25) is 0 Å². The number of phenols is 1. The third kappa shape index (κ3) is 6.00. The number of ether oxygens (including phenoxy) is 1. The lowest BCUT2D eigenvalue weighted by Crippen LogP contribution is -2.16. The largest absolute Gasteiger partial charge is 0.503 e. The molecule has 0 aliphatic rings. The normalized spacial score (nSPS) is 11.7. The number of methoxy groups -OCH3 is 1. The van der Waals surface area contributed by atoms with E-state index in [4.69, 9.17) is 4.74 Å². The minimum Gasteiger partial charge on any atom is -0.503 e. The molecule has 0 aliphatic heterocycles. The van der Waals surface area contributed by atoms with Gasteiger partial charge in [-0.15, -0.1) is 0 Å². The van der Waals surface area contributed by atoms with Crippen LogP contribution in [0.1, 0.15) is 24.8 Å². The summed E-state index contributed by atoms with van der Waals surface area (Å²) in [7, 11) is 1.45. The number of aromatic hydroxyl groups is 1. The van der Waals surface area contributed by atoms with Gasteiger partial charge >= 0.3 is 6.18 Å². The van der Waals surface area contributed by atoms with E-state index in [-0.39, 0.29) is 12.2 Å². The summed E-state index contributed by atoms with van der Waals surface area (Å²) in [6.45, 7) is 1.01. The summed E-state index contributed by atoms with van der Waals surface area (Å²) in [5.41, 5.74) is 0.877. The van der Waals surface area contributed by atoms with E-state index in [1.807, 2.05) is 0 Å². The fourth-order valence-corrected chi connectivity index (χ4v) is 2.18. The van der Waals surface area contributed by atoms with Gasteiger partial charge in [-0.3, -0.25) is 0 Å². The van der Waals surface area contributed by atoms with E-state index in [9.17, 15) is 18.3 Å². The highest BCUT2D eigenvalue weighted by molar-refractivity contribution is 9.10. The molecule has 7 heteroatoms. The zero-order chi connectivity index (χ0) is 15.2. The minimum absolute atomic E-state index is 0.0291. The van der Waals surface area contributed by atoms with Crippen LogP contribution < -0.4 is 10.1 Å². The molecule has 0 heterocycles. The summed E-state index contributed by atoms with van der Waals surface area (Å²) in [5.74, 6) is 0.384. The molecule has 0 aromatic heterocycles. The van der Waals surface area contributed by atoms with E-state index in [0.29, 0.717) is 29.7 Å². The summed E-state index contributed by atoms with van der Waals surface area (Å²) >= 11 is 3.21. The van der Waals surface area contributed by atoms with Gasteiger partial charge in [-0.2, -0.15) is 13.2 Å². The van der Waals surface area contributed by atoms with Crippen molar-refractivity contribution >= 4 is 15.9 Å². The number of alkyl halides is 3. The highest BCUT2D eigenvalue weighted by Gasteiger charge is 2.25. The Kier molecular flexibility index (Phi) is 6.61. The maximum atomic E-state index is 11.9. The fourth-order valence-electron chi connectivity index (χ4n) is 1.69. The van der Waals surface area contributed by atoms with Gasteiger partial charge in [0.1, 0.15) is 0 Å². The summed E-state index contributed by atoms with van der Waals surface area (Å²) in [5, 5.41) is 12.7. The average molecular weight is 356 g/mol. The Labute approximate surface area is 124 Å². The molecule has 114 valence electrons. The first-order valence-electron chi connectivity index (χ1n) is 6.16. The van der Waals surface area contributed by atoms with Gasteiger partial charge in [0.25, 0.3) is 0 Å². The smallest absolute Gasteiger partial charge is 0.389 e. The van der Waals surface area contributed by atoms with Gasteiger partial charge in [0.15, 0.2) is 11.5 Å². The third-order valence-corrected chi connectivity index (χ3v) is 3.31. The predicted molar refractivity (Wildman–Crippen MR) is 74.0 cm³/mol. The number of nitrogens with one attached hydrogen (secondary N) is 1. The molecular weight excluding hydrogens is 339 g/mol. The van der Waals surface area contributed by atoms with E-state index in [2.05, 4.69) is 21.2 Å². The molecule has 0 amide bonds. The van der Waals surface area contributed by atoms with Crippen LogP contribution in [0.25, 0.3) is 0 Å². The molecule has 1 aromatic carbocycles. The molecule has 0 radical (unpaired) electrons. The van der Waals surface area contributed by atoms with Gasteiger partial charge in [-0.1, -0.05) is 0 Å². The molecule has 0 aliphatic carbocycles. The quantitative estimate of drug-likeness (QED) is 0.726. The molecule has 1 aromatic rings. The van der Waals surface area contributed by atoms with Crippen molar-refractivity contribution in [1.82, 2.24) is 5.32 Å². The Balaban J connectivity index is 2.34.